The number of nitrogens with one attached hydrogen (secondary N) is 1. The molecule has 0 fully saturated rings. The molecule has 1 N–H and O–H groups in total. The Morgan fingerprint density at radius 3 is 2.93 bits per heavy atom. The predicted molar refractivity (Wildman–Crippen MR) is 56.2 cm³/mol. The Morgan fingerprint density at radius 2 is 2.36 bits per heavy atom. The van der Waals surface area contributed by atoms with Gasteiger partial charge in [-0.2, -0.15) is 5.10 Å². The van der Waals surface area contributed by atoms with Gasteiger partial charge in [0.2, 0.25) is 0 Å². The lowest BCUT2D eigenvalue weighted by Gasteiger charge is -2.20. The van der Waals surface area contributed by atoms with Crippen LogP contribution in [0.4, 0.5) is 0 Å². The third-order valence-electron chi connectivity index (χ3n) is 2.21. The summed E-state index contributed by atoms with van der Waals surface area (Å²) in [7, 11) is 4.08. The van der Waals surface area contributed by atoms with Crippen molar-refractivity contribution in [2.45, 2.75) is 13.0 Å². The Morgan fingerprint density at radius 1 is 1.57 bits per heavy atom. The van der Waals surface area contributed by atoms with Gasteiger partial charge in [-0.15, -0.1) is 0 Å². The fourth-order valence-corrected chi connectivity index (χ4v) is 1.37. The molecule has 5 heteroatoms. The van der Waals surface area contributed by atoms with Crippen molar-refractivity contribution in [2.24, 2.45) is 0 Å². The second-order valence-electron chi connectivity index (χ2n) is 3.59. The van der Waals surface area contributed by atoms with E-state index < -0.39 is 0 Å². The van der Waals surface area contributed by atoms with Crippen molar-refractivity contribution in [1.82, 2.24) is 25.0 Å². The SMILES string of the molecule is CNCCN(C)CC(C)n1cncn1. The van der Waals surface area contributed by atoms with Gasteiger partial charge in [0.05, 0.1) is 6.04 Å². The van der Waals surface area contributed by atoms with Gasteiger partial charge in [-0.3, -0.25) is 0 Å². The van der Waals surface area contributed by atoms with Crippen LogP contribution in [0, 0.1) is 0 Å². The van der Waals surface area contributed by atoms with E-state index in [9.17, 15) is 0 Å². The van der Waals surface area contributed by atoms with Crippen molar-refractivity contribution in [3.63, 3.8) is 0 Å². The fraction of sp³-hybridized carbons (Fsp3) is 0.778. The Kier molecular flexibility index (Phi) is 4.55. The summed E-state index contributed by atoms with van der Waals surface area (Å²) in [5, 5.41) is 7.24. The van der Waals surface area contributed by atoms with Gasteiger partial charge in [0.25, 0.3) is 0 Å². The van der Waals surface area contributed by atoms with Crippen LogP contribution in [0.3, 0.4) is 0 Å². The molecule has 0 saturated heterocycles. The molecule has 0 aliphatic heterocycles. The van der Waals surface area contributed by atoms with Crippen LogP contribution in [0.5, 0.6) is 0 Å². The molecule has 14 heavy (non-hydrogen) atoms. The summed E-state index contributed by atoms with van der Waals surface area (Å²) < 4.78 is 1.88. The normalized spacial score (nSPS) is 13.4. The van der Waals surface area contributed by atoms with Crippen molar-refractivity contribution in [1.29, 1.82) is 0 Å². The highest BCUT2D eigenvalue weighted by Crippen LogP contribution is 2.03. The van der Waals surface area contributed by atoms with Gasteiger partial charge in [0.1, 0.15) is 12.7 Å². The second kappa shape index (κ2) is 5.72. The molecule has 1 atom stereocenters. The van der Waals surface area contributed by atoms with Crippen LogP contribution in [0.15, 0.2) is 12.7 Å². The van der Waals surface area contributed by atoms with Gasteiger partial charge in [0, 0.05) is 19.6 Å². The molecule has 0 spiro atoms. The Balaban J connectivity index is 2.29. The highest BCUT2D eigenvalue weighted by Gasteiger charge is 2.07. The van der Waals surface area contributed by atoms with E-state index >= 15 is 0 Å². The van der Waals surface area contributed by atoms with Gasteiger partial charge >= 0.3 is 0 Å². The number of aromatic nitrogens is 3. The molecule has 1 unspecified atom stereocenters. The monoisotopic (exact) mass is 197 g/mol. The van der Waals surface area contributed by atoms with Gasteiger partial charge in [-0.25, -0.2) is 9.67 Å². The number of hydrogen-bond acceptors (Lipinski definition) is 4. The molecule has 1 heterocycles. The summed E-state index contributed by atoms with van der Waals surface area (Å²) in [5.41, 5.74) is 0. The molecule has 0 aliphatic rings. The first-order valence-electron chi connectivity index (χ1n) is 4.91. The van der Waals surface area contributed by atoms with Crippen LogP contribution < -0.4 is 5.32 Å². The van der Waals surface area contributed by atoms with Crippen LogP contribution in [0.25, 0.3) is 0 Å². The van der Waals surface area contributed by atoms with Crippen molar-refractivity contribution in [3.8, 4) is 0 Å². The molecule has 0 bridgehead atoms. The first-order chi connectivity index (χ1) is 6.74. The first-order valence-corrected chi connectivity index (χ1v) is 4.91. The quantitative estimate of drug-likeness (QED) is 0.697. The van der Waals surface area contributed by atoms with E-state index in [2.05, 4.69) is 34.3 Å². The molecule has 1 rings (SSSR count). The minimum atomic E-state index is 0.374. The van der Waals surface area contributed by atoms with E-state index in [1.165, 1.54) is 0 Å². The summed E-state index contributed by atoms with van der Waals surface area (Å²) in [6, 6.07) is 0.374. The first kappa shape index (κ1) is 11.1. The van der Waals surface area contributed by atoms with Gasteiger partial charge in [-0.1, -0.05) is 0 Å². The summed E-state index contributed by atoms with van der Waals surface area (Å²) in [6.07, 6.45) is 3.33. The summed E-state index contributed by atoms with van der Waals surface area (Å²) in [4.78, 5) is 6.21. The third kappa shape index (κ3) is 3.43. The lowest BCUT2D eigenvalue weighted by molar-refractivity contribution is 0.277. The summed E-state index contributed by atoms with van der Waals surface area (Å²) >= 11 is 0. The highest BCUT2D eigenvalue weighted by molar-refractivity contribution is 4.68. The van der Waals surface area contributed by atoms with E-state index in [-0.39, 0.29) is 0 Å². The smallest absolute Gasteiger partial charge is 0.137 e. The van der Waals surface area contributed by atoms with Crippen LogP contribution in [-0.2, 0) is 0 Å². The standard InChI is InChI=1S/C9H19N5/c1-9(14-8-11-7-12-14)6-13(3)5-4-10-2/h7-10H,4-6H2,1-3H3. The highest BCUT2D eigenvalue weighted by atomic mass is 15.3. The second-order valence-corrected chi connectivity index (χ2v) is 3.59. The molecular weight excluding hydrogens is 178 g/mol. The summed E-state index contributed by atoms with van der Waals surface area (Å²) in [6.45, 7) is 5.20. The maximum Gasteiger partial charge on any atom is 0.137 e. The van der Waals surface area contributed by atoms with Crippen molar-refractivity contribution in [2.75, 3.05) is 33.7 Å². The van der Waals surface area contributed by atoms with Crippen molar-refractivity contribution in [3.05, 3.63) is 12.7 Å². The Labute approximate surface area is 85.1 Å². The molecule has 0 radical (unpaired) electrons. The van der Waals surface area contributed by atoms with Crippen LogP contribution >= 0.6 is 0 Å². The maximum atomic E-state index is 4.11. The predicted octanol–water partition coefficient (Wildman–Crippen LogP) is -0.00970. The molecular formula is C9H19N5. The van der Waals surface area contributed by atoms with Crippen molar-refractivity contribution >= 4 is 0 Å². The molecule has 1 aromatic rings. The topological polar surface area (TPSA) is 46.0 Å². The lowest BCUT2D eigenvalue weighted by atomic mass is 10.3. The number of nitrogens with zero attached hydrogens (tertiary/aromatic N) is 4. The number of rotatable bonds is 6. The number of hydrogen-bond donors (Lipinski definition) is 1. The average Bonchev–Trinajstić information content (AvgIpc) is 2.67. The zero-order chi connectivity index (χ0) is 10.4. The van der Waals surface area contributed by atoms with Gasteiger partial charge in [0.15, 0.2) is 0 Å². The Hall–Kier alpha value is -0.940. The molecule has 5 nitrogen and oxygen atoms in total. The van der Waals surface area contributed by atoms with E-state index in [1.54, 1.807) is 12.7 Å². The summed E-state index contributed by atoms with van der Waals surface area (Å²) in [5.74, 6) is 0. The zero-order valence-electron chi connectivity index (χ0n) is 9.14. The minimum absolute atomic E-state index is 0.374. The fourth-order valence-electron chi connectivity index (χ4n) is 1.37. The molecule has 0 aliphatic carbocycles. The maximum absolute atomic E-state index is 4.11. The Bertz CT molecular complexity index is 233. The molecule has 1 aromatic heterocycles. The van der Waals surface area contributed by atoms with E-state index in [4.69, 9.17) is 0 Å². The lowest BCUT2D eigenvalue weighted by Crippen LogP contribution is -2.31. The van der Waals surface area contributed by atoms with Gasteiger partial charge in [-0.05, 0) is 21.0 Å². The zero-order valence-corrected chi connectivity index (χ0v) is 9.14. The molecule has 0 saturated carbocycles. The largest absolute Gasteiger partial charge is 0.318 e. The number of likely N-dealkylation sites (N-methyl/N-ethyl adjacent to an activating group) is 2. The molecule has 0 aromatic carbocycles. The van der Waals surface area contributed by atoms with Gasteiger partial charge < -0.3 is 10.2 Å². The average molecular weight is 197 g/mol. The van der Waals surface area contributed by atoms with Crippen LogP contribution in [0.1, 0.15) is 13.0 Å². The van der Waals surface area contributed by atoms with E-state index in [0.717, 1.165) is 19.6 Å². The van der Waals surface area contributed by atoms with E-state index in [1.807, 2.05) is 11.7 Å². The minimum Gasteiger partial charge on any atom is -0.318 e. The van der Waals surface area contributed by atoms with Crippen LogP contribution in [0.2, 0.25) is 0 Å². The third-order valence-corrected chi connectivity index (χ3v) is 2.21. The van der Waals surface area contributed by atoms with Crippen molar-refractivity contribution < 1.29 is 0 Å². The van der Waals surface area contributed by atoms with E-state index in [0.29, 0.717) is 6.04 Å². The molecule has 80 valence electrons. The molecule has 0 amide bonds. The van der Waals surface area contributed by atoms with Crippen LogP contribution in [-0.4, -0.2) is 53.4 Å².